The van der Waals surface area contributed by atoms with Crippen LogP contribution in [-0.4, -0.2) is 29.0 Å². The summed E-state index contributed by atoms with van der Waals surface area (Å²) in [6.07, 6.45) is 0. The van der Waals surface area contributed by atoms with Gasteiger partial charge >= 0.3 is 0 Å². The van der Waals surface area contributed by atoms with E-state index in [1.165, 1.54) is 16.2 Å². The van der Waals surface area contributed by atoms with Crippen molar-refractivity contribution in [3.05, 3.63) is 58.0 Å². The number of allylic oxidation sites excluding steroid dienone is 1. The van der Waals surface area contributed by atoms with Crippen LogP contribution in [0.15, 0.2) is 40.8 Å². The lowest BCUT2D eigenvalue weighted by Crippen LogP contribution is -2.57. The molecule has 1 aromatic heterocycles. The summed E-state index contributed by atoms with van der Waals surface area (Å²) >= 11 is 1.45. The Labute approximate surface area is 159 Å². The Kier molecular flexibility index (Phi) is 5.01. The van der Waals surface area contributed by atoms with Gasteiger partial charge in [-0.1, -0.05) is 0 Å². The molecule has 8 heteroatoms. The first-order chi connectivity index (χ1) is 12.7. The Balaban J connectivity index is 1.85. The van der Waals surface area contributed by atoms with E-state index in [1.807, 2.05) is 10.8 Å². The molecule has 0 unspecified atom stereocenters. The van der Waals surface area contributed by atoms with E-state index in [9.17, 15) is 18.4 Å². The predicted molar refractivity (Wildman–Crippen MR) is 98.8 cm³/mol. The molecule has 3 rings (SSSR count). The molecule has 1 N–H and O–H groups in total. The van der Waals surface area contributed by atoms with Gasteiger partial charge in [-0.05, 0) is 49.7 Å². The molecule has 0 aliphatic carbocycles. The van der Waals surface area contributed by atoms with E-state index >= 15 is 0 Å². The average Bonchev–Trinajstić information content (AvgIpc) is 3.07. The second kappa shape index (κ2) is 7.11. The van der Waals surface area contributed by atoms with Crippen molar-refractivity contribution in [2.75, 3.05) is 12.0 Å². The molecule has 0 atom stereocenters. The first-order valence-corrected chi connectivity index (χ1v) is 9.10. The molecule has 0 bridgehead atoms. The highest BCUT2D eigenvalue weighted by Gasteiger charge is 2.42. The number of thiophene rings is 1. The van der Waals surface area contributed by atoms with Gasteiger partial charge in [0.1, 0.15) is 22.9 Å². The first-order valence-electron chi connectivity index (χ1n) is 8.16. The van der Waals surface area contributed by atoms with Crippen LogP contribution in [0.25, 0.3) is 5.57 Å². The van der Waals surface area contributed by atoms with Crippen molar-refractivity contribution in [1.82, 2.24) is 4.90 Å². The zero-order valence-corrected chi connectivity index (χ0v) is 15.8. The van der Waals surface area contributed by atoms with Crippen LogP contribution in [-0.2, 0) is 14.3 Å². The number of ether oxygens (including phenoxy) is 1. The van der Waals surface area contributed by atoms with Gasteiger partial charge in [-0.2, -0.15) is 11.3 Å². The number of carbonyl (C=O) groups is 2. The molecule has 0 saturated carbocycles. The highest BCUT2D eigenvalue weighted by molar-refractivity contribution is 7.08. The lowest BCUT2D eigenvalue weighted by molar-refractivity contribution is -0.147. The largest absolute Gasteiger partial charge is 0.477 e. The third kappa shape index (κ3) is 3.71. The van der Waals surface area contributed by atoms with Gasteiger partial charge in [0.05, 0.1) is 5.57 Å². The number of rotatable bonds is 4. The maximum atomic E-state index is 13.4. The Morgan fingerprint density at radius 3 is 2.52 bits per heavy atom. The molecule has 0 radical (unpaired) electrons. The van der Waals surface area contributed by atoms with Crippen molar-refractivity contribution in [1.29, 1.82) is 0 Å². The smallest absolute Gasteiger partial charge is 0.261 e. The third-order valence-electron chi connectivity index (χ3n) is 4.38. The van der Waals surface area contributed by atoms with Crippen LogP contribution >= 0.6 is 11.3 Å². The molecule has 0 spiro atoms. The normalized spacial score (nSPS) is 15.0. The molecular weight excluding hydrogens is 374 g/mol. The Morgan fingerprint density at radius 2 is 1.93 bits per heavy atom. The molecule has 0 fully saturated rings. The van der Waals surface area contributed by atoms with Crippen LogP contribution in [0.4, 0.5) is 14.5 Å². The lowest BCUT2D eigenvalue weighted by Gasteiger charge is -2.40. The summed E-state index contributed by atoms with van der Waals surface area (Å²) in [5.41, 5.74) is -0.238. The number of nitrogens with one attached hydrogen (secondary N) is 1. The summed E-state index contributed by atoms with van der Waals surface area (Å²) in [7, 11) is 0. The summed E-state index contributed by atoms with van der Waals surface area (Å²) in [5.74, 6) is -2.06. The van der Waals surface area contributed by atoms with E-state index in [0.717, 1.165) is 17.7 Å². The number of anilines is 1. The van der Waals surface area contributed by atoms with Gasteiger partial charge in [0.2, 0.25) is 5.91 Å². The molecule has 1 aliphatic rings. The summed E-state index contributed by atoms with van der Waals surface area (Å²) in [6, 6.07) is 4.53. The Hall–Kier alpha value is -2.74. The molecule has 1 aliphatic heterocycles. The van der Waals surface area contributed by atoms with Crippen LogP contribution in [0.2, 0.25) is 0 Å². The Bertz CT molecular complexity index is 903. The van der Waals surface area contributed by atoms with E-state index in [-0.39, 0.29) is 18.3 Å². The molecular formula is C19H18F2N2O3S. The maximum Gasteiger partial charge on any atom is 0.261 e. The van der Waals surface area contributed by atoms with E-state index in [4.69, 9.17) is 4.74 Å². The van der Waals surface area contributed by atoms with Crippen LogP contribution in [0.1, 0.15) is 26.3 Å². The lowest BCUT2D eigenvalue weighted by atomic mass is 9.97. The van der Waals surface area contributed by atoms with E-state index in [2.05, 4.69) is 5.32 Å². The van der Waals surface area contributed by atoms with Crippen molar-refractivity contribution in [3.8, 4) is 0 Å². The van der Waals surface area contributed by atoms with Crippen LogP contribution in [0.3, 0.4) is 0 Å². The highest BCUT2D eigenvalue weighted by atomic mass is 32.1. The molecule has 2 heterocycles. The van der Waals surface area contributed by atoms with Crippen molar-refractivity contribution >= 4 is 34.4 Å². The number of hydrogen-bond acceptors (Lipinski definition) is 4. The molecule has 2 aromatic rings. The molecule has 0 saturated heterocycles. The second-order valence-corrected chi connectivity index (χ2v) is 7.40. The number of benzene rings is 1. The van der Waals surface area contributed by atoms with Crippen molar-refractivity contribution in [2.45, 2.75) is 26.3 Å². The van der Waals surface area contributed by atoms with Crippen LogP contribution in [0.5, 0.6) is 0 Å². The zero-order chi connectivity index (χ0) is 19.8. The van der Waals surface area contributed by atoms with Gasteiger partial charge in [-0.3, -0.25) is 14.5 Å². The SMILES string of the molecule is CC1=C(c2ccsc2)C(=O)N(C(C)(C)C(=O)Nc2cc(F)cc(F)c2)CO1. The van der Waals surface area contributed by atoms with E-state index in [0.29, 0.717) is 17.4 Å². The molecule has 1 aromatic carbocycles. The minimum Gasteiger partial charge on any atom is -0.477 e. The van der Waals surface area contributed by atoms with Crippen molar-refractivity contribution in [3.63, 3.8) is 0 Å². The predicted octanol–water partition coefficient (Wildman–Crippen LogP) is 3.99. The fourth-order valence-electron chi connectivity index (χ4n) is 2.76. The zero-order valence-electron chi connectivity index (χ0n) is 15.0. The van der Waals surface area contributed by atoms with Crippen molar-refractivity contribution < 1.29 is 23.1 Å². The fourth-order valence-corrected chi connectivity index (χ4v) is 3.41. The number of amides is 2. The summed E-state index contributed by atoms with van der Waals surface area (Å²) in [6.45, 7) is 4.69. The highest BCUT2D eigenvalue weighted by Crippen LogP contribution is 2.32. The number of nitrogens with zero attached hydrogens (tertiary/aromatic N) is 1. The van der Waals surface area contributed by atoms with Gasteiger partial charge in [0, 0.05) is 17.3 Å². The summed E-state index contributed by atoms with van der Waals surface area (Å²) in [5, 5.41) is 6.13. The van der Waals surface area contributed by atoms with Gasteiger partial charge in [-0.25, -0.2) is 8.78 Å². The topological polar surface area (TPSA) is 58.6 Å². The maximum absolute atomic E-state index is 13.4. The van der Waals surface area contributed by atoms with Crippen LogP contribution < -0.4 is 5.32 Å². The number of hydrogen-bond donors (Lipinski definition) is 1. The van der Waals surface area contributed by atoms with E-state index < -0.39 is 23.1 Å². The minimum absolute atomic E-state index is 0.0271. The molecule has 27 heavy (non-hydrogen) atoms. The third-order valence-corrected chi connectivity index (χ3v) is 5.07. The van der Waals surface area contributed by atoms with Gasteiger partial charge in [0.25, 0.3) is 5.91 Å². The first kappa shape index (κ1) is 19.0. The average molecular weight is 392 g/mol. The molecule has 5 nitrogen and oxygen atoms in total. The summed E-state index contributed by atoms with van der Waals surface area (Å²) < 4.78 is 32.3. The van der Waals surface area contributed by atoms with Gasteiger partial charge in [-0.15, -0.1) is 0 Å². The quantitative estimate of drug-likeness (QED) is 0.856. The van der Waals surface area contributed by atoms with E-state index in [1.54, 1.807) is 26.8 Å². The molecule has 142 valence electrons. The standard InChI is InChI=1S/C19H18F2N2O3S/c1-11-16(12-4-5-27-9-12)17(24)23(10-26-11)19(2,3)18(25)22-15-7-13(20)6-14(21)8-15/h4-9H,10H2,1-3H3,(H,22,25). The van der Waals surface area contributed by atoms with Gasteiger partial charge < -0.3 is 10.1 Å². The Morgan fingerprint density at radius 1 is 1.26 bits per heavy atom. The number of carbonyl (C=O) groups excluding carboxylic acids is 2. The fraction of sp³-hybridized carbons (Fsp3) is 0.263. The minimum atomic E-state index is -1.32. The van der Waals surface area contributed by atoms with Crippen LogP contribution in [0, 0.1) is 11.6 Å². The van der Waals surface area contributed by atoms with Crippen molar-refractivity contribution in [2.24, 2.45) is 0 Å². The summed E-state index contributed by atoms with van der Waals surface area (Å²) in [4.78, 5) is 27.1. The second-order valence-electron chi connectivity index (χ2n) is 6.62. The van der Waals surface area contributed by atoms with Gasteiger partial charge in [0.15, 0.2) is 6.73 Å². The monoisotopic (exact) mass is 392 g/mol. The number of halogens is 2. The molecule has 2 amide bonds.